The molecule has 1 aromatic heterocycles. The van der Waals surface area contributed by atoms with E-state index in [1.54, 1.807) is 0 Å². The molecule has 0 radical (unpaired) electrons. The summed E-state index contributed by atoms with van der Waals surface area (Å²) in [7, 11) is 1.36. The second-order valence-corrected chi connectivity index (χ2v) is 8.05. The maximum absolute atomic E-state index is 12.5. The Balaban J connectivity index is 1.79. The number of thioether (sulfide) groups is 1. The van der Waals surface area contributed by atoms with Gasteiger partial charge in [0.25, 0.3) is 11.8 Å². The number of carboxylic acids is 1. The number of hydrogen-bond donors (Lipinski definition) is 3. The second kappa shape index (κ2) is 8.10. The number of hydrogen-bond acceptors (Lipinski definition) is 8. The highest BCUT2D eigenvalue weighted by molar-refractivity contribution is 8.00. The van der Waals surface area contributed by atoms with Gasteiger partial charge in [-0.25, -0.2) is 9.78 Å². The van der Waals surface area contributed by atoms with Gasteiger partial charge in [-0.1, -0.05) is 6.08 Å². The van der Waals surface area contributed by atoms with Crippen molar-refractivity contribution in [3.05, 3.63) is 34.5 Å². The van der Waals surface area contributed by atoms with Gasteiger partial charge >= 0.3 is 12.1 Å². The number of carbonyl (C=O) groups is 3. The molecule has 0 aromatic carbocycles. The topological polar surface area (TPSA) is 138 Å². The van der Waals surface area contributed by atoms with Crippen LogP contribution in [0.5, 0.6) is 0 Å². The zero-order chi connectivity index (χ0) is 22.2. The summed E-state index contributed by atoms with van der Waals surface area (Å²) in [6.45, 7) is 0. The Morgan fingerprint density at radius 1 is 1.47 bits per heavy atom. The molecule has 1 saturated heterocycles. The quantitative estimate of drug-likeness (QED) is 0.439. The molecule has 1 aromatic rings. The van der Waals surface area contributed by atoms with Gasteiger partial charge in [-0.2, -0.15) is 13.2 Å². The summed E-state index contributed by atoms with van der Waals surface area (Å²) >= 11 is 2.14. The Morgan fingerprint density at radius 3 is 2.70 bits per heavy atom. The SMILES string of the molecule is CN=C(C(=O)NC1C(=O)N2C(C(=O)O)=C(/C=C/C(F)(F)F)CS[C@H]12)c1csc(N)n1. The monoisotopic (exact) mass is 461 g/mol. The molecule has 2 amide bonds. The summed E-state index contributed by atoms with van der Waals surface area (Å²) in [4.78, 5) is 45.3. The summed E-state index contributed by atoms with van der Waals surface area (Å²) in [6, 6.07) is -1.06. The molecule has 160 valence electrons. The maximum atomic E-state index is 12.5. The number of amides is 2. The Hall–Kier alpha value is -2.87. The Morgan fingerprint density at radius 2 is 2.17 bits per heavy atom. The predicted molar refractivity (Wildman–Crippen MR) is 104 cm³/mol. The molecule has 3 heterocycles. The number of aromatic nitrogens is 1. The van der Waals surface area contributed by atoms with Crippen LogP contribution in [-0.4, -0.2) is 68.9 Å². The lowest BCUT2D eigenvalue weighted by Gasteiger charge is -2.49. The van der Waals surface area contributed by atoms with Crippen LogP contribution in [0.3, 0.4) is 0 Å². The molecule has 1 fully saturated rings. The minimum atomic E-state index is -4.62. The van der Waals surface area contributed by atoms with E-state index in [1.165, 1.54) is 12.4 Å². The van der Waals surface area contributed by atoms with E-state index in [0.717, 1.165) is 28.0 Å². The van der Waals surface area contributed by atoms with Crippen molar-refractivity contribution in [2.24, 2.45) is 4.99 Å². The molecule has 2 atom stereocenters. The maximum Gasteiger partial charge on any atom is 0.409 e. The minimum Gasteiger partial charge on any atom is -0.477 e. The summed E-state index contributed by atoms with van der Waals surface area (Å²) < 4.78 is 37.3. The highest BCUT2D eigenvalue weighted by Crippen LogP contribution is 2.41. The van der Waals surface area contributed by atoms with Crippen molar-refractivity contribution in [2.75, 3.05) is 18.5 Å². The number of nitrogens with two attached hydrogens (primary N) is 1. The van der Waals surface area contributed by atoms with Gasteiger partial charge in [0.1, 0.15) is 28.5 Å². The molecule has 14 heteroatoms. The molecule has 2 aliphatic rings. The molecule has 0 saturated carbocycles. The van der Waals surface area contributed by atoms with Crippen LogP contribution >= 0.6 is 23.1 Å². The minimum absolute atomic E-state index is 0.0576. The van der Waals surface area contributed by atoms with E-state index < -0.39 is 41.1 Å². The average molecular weight is 461 g/mol. The Kier molecular flexibility index (Phi) is 5.90. The lowest BCUT2D eigenvalue weighted by atomic mass is 10.0. The van der Waals surface area contributed by atoms with Crippen LogP contribution in [0.2, 0.25) is 0 Å². The smallest absolute Gasteiger partial charge is 0.409 e. The molecule has 9 nitrogen and oxygen atoms in total. The standard InChI is InChI=1S/C16H14F3N5O4S2/c1-21-8(7-5-30-15(20)22-7)11(25)23-9-12(26)24-10(14(27)28)6(4-29-13(9)24)2-3-16(17,18)19/h2-3,5,9,13H,4H2,1H3,(H2,20,22)(H,23,25)(H,27,28)/b3-2+,21-8?/t9?,13-/m1/s1. The van der Waals surface area contributed by atoms with Crippen molar-refractivity contribution in [1.29, 1.82) is 0 Å². The predicted octanol–water partition coefficient (Wildman–Crippen LogP) is 1.00. The fourth-order valence-electron chi connectivity index (χ4n) is 2.90. The van der Waals surface area contributed by atoms with Crippen molar-refractivity contribution >= 4 is 51.7 Å². The molecule has 0 bridgehead atoms. The lowest BCUT2D eigenvalue weighted by molar-refractivity contribution is -0.150. The van der Waals surface area contributed by atoms with Crippen LogP contribution in [0.4, 0.5) is 18.3 Å². The van der Waals surface area contributed by atoms with Gasteiger partial charge in [0, 0.05) is 24.3 Å². The number of nitrogens with zero attached hydrogens (tertiary/aromatic N) is 3. The molecule has 30 heavy (non-hydrogen) atoms. The number of fused-ring (bicyclic) bond motifs is 1. The third kappa shape index (κ3) is 4.18. The van der Waals surface area contributed by atoms with Gasteiger partial charge in [0.2, 0.25) is 0 Å². The summed E-state index contributed by atoms with van der Waals surface area (Å²) in [5.74, 6) is -3.06. The number of rotatable bonds is 5. The fourth-order valence-corrected chi connectivity index (χ4v) is 4.77. The van der Waals surface area contributed by atoms with E-state index in [4.69, 9.17) is 5.73 Å². The number of β-lactam (4-membered cyclic amide) rings is 1. The van der Waals surface area contributed by atoms with E-state index >= 15 is 0 Å². The number of nitrogens with one attached hydrogen (secondary N) is 1. The first kappa shape index (κ1) is 21.8. The van der Waals surface area contributed by atoms with Gasteiger partial charge in [0.15, 0.2) is 5.13 Å². The number of carbonyl (C=O) groups excluding carboxylic acids is 2. The third-order valence-corrected chi connectivity index (χ3v) is 6.14. The summed E-state index contributed by atoms with van der Waals surface area (Å²) in [5, 5.41) is 12.9. The molecule has 2 aliphatic heterocycles. The third-order valence-electron chi connectivity index (χ3n) is 4.16. The molecular formula is C16H14F3N5O4S2. The van der Waals surface area contributed by atoms with Crippen LogP contribution < -0.4 is 11.1 Å². The molecule has 0 spiro atoms. The van der Waals surface area contributed by atoms with Crippen molar-refractivity contribution in [3.63, 3.8) is 0 Å². The van der Waals surface area contributed by atoms with Gasteiger partial charge in [-0.15, -0.1) is 23.1 Å². The fraction of sp³-hybridized carbons (Fsp3) is 0.312. The van der Waals surface area contributed by atoms with E-state index in [1.807, 2.05) is 0 Å². The van der Waals surface area contributed by atoms with E-state index in [9.17, 15) is 32.7 Å². The number of anilines is 1. The second-order valence-electron chi connectivity index (χ2n) is 6.06. The number of alkyl halides is 3. The Bertz CT molecular complexity index is 1000. The lowest BCUT2D eigenvalue weighted by Crippen LogP contribution is -2.71. The number of nitrogen functional groups attached to an aromatic ring is 1. The number of aliphatic imine (C=N–C) groups is 1. The van der Waals surface area contributed by atoms with Crippen LogP contribution in [0, 0.1) is 0 Å². The molecule has 1 unspecified atom stereocenters. The normalized spacial score (nSPS) is 22.2. The summed E-state index contributed by atoms with van der Waals surface area (Å²) in [5.41, 5.74) is 5.03. The van der Waals surface area contributed by atoms with Crippen LogP contribution in [0.1, 0.15) is 5.69 Å². The number of allylic oxidation sites excluding steroid dienone is 2. The van der Waals surface area contributed by atoms with Crippen molar-refractivity contribution in [2.45, 2.75) is 17.6 Å². The number of aliphatic carboxylic acids is 1. The van der Waals surface area contributed by atoms with Crippen LogP contribution in [0.25, 0.3) is 0 Å². The highest BCUT2D eigenvalue weighted by Gasteiger charge is 2.54. The van der Waals surface area contributed by atoms with Crippen molar-refractivity contribution in [1.82, 2.24) is 15.2 Å². The average Bonchev–Trinajstić information content (AvgIpc) is 3.09. The largest absolute Gasteiger partial charge is 0.477 e. The van der Waals surface area contributed by atoms with Crippen LogP contribution in [0.15, 0.2) is 33.8 Å². The van der Waals surface area contributed by atoms with E-state index in [0.29, 0.717) is 6.08 Å². The first-order valence-electron chi connectivity index (χ1n) is 8.19. The van der Waals surface area contributed by atoms with Crippen molar-refractivity contribution in [3.8, 4) is 0 Å². The van der Waals surface area contributed by atoms with E-state index in [-0.39, 0.29) is 33.9 Å². The number of carboxylic acid groups (broad SMARTS) is 1. The number of thiazole rings is 1. The molecular weight excluding hydrogens is 447 g/mol. The highest BCUT2D eigenvalue weighted by atomic mass is 32.2. The molecule has 4 N–H and O–H groups in total. The van der Waals surface area contributed by atoms with E-state index in [2.05, 4.69) is 15.3 Å². The number of halogens is 3. The zero-order valence-electron chi connectivity index (χ0n) is 15.1. The van der Waals surface area contributed by atoms with Gasteiger partial charge in [0.05, 0.1) is 0 Å². The van der Waals surface area contributed by atoms with Gasteiger partial charge in [-0.3, -0.25) is 19.5 Å². The zero-order valence-corrected chi connectivity index (χ0v) is 16.8. The summed E-state index contributed by atoms with van der Waals surface area (Å²) in [6.07, 6.45) is -4.07. The first-order valence-corrected chi connectivity index (χ1v) is 10.1. The van der Waals surface area contributed by atoms with Crippen LogP contribution in [-0.2, 0) is 14.4 Å². The van der Waals surface area contributed by atoms with Crippen molar-refractivity contribution < 1.29 is 32.7 Å². The van der Waals surface area contributed by atoms with Gasteiger partial charge < -0.3 is 16.2 Å². The first-order chi connectivity index (χ1) is 14.0. The Labute approximate surface area is 175 Å². The molecule has 3 rings (SSSR count). The molecule has 0 aliphatic carbocycles. The van der Waals surface area contributed by atoms with Gasteiger partial charge in [-0.05, 0) is 5.57 Å².